The molecule has 0 spiro atoms. The molecule has 0 N–H and O–H groups in total. The number of nitrogens with zero attached hydrogens (tertiary/aromatic N) is 2. The highest BCUT2D eigenvalue weighted by molar-refractivity contribution is 5.75. The van der Waals surface area contributed by atoms with Gasteiger partial charge in [-0.2, -0.15) is 0 Å². The van der Waals surface area contributed by atoms with Crippen LogP contribution in [0.5, 0.6) is 0 Å². The Morgan fingerprint density at radius 1 is 0.875 bits per heavy atom. The van der Waals surface area contributed by atoms with E-state index in [1.54, 1.807) is 0 Å². The van der Waals surface area contributed by atoms with E-state index in [0.717, 1.165) is 23.9 Å². The van der Waals surface area contributed by atoms with Crippen molar-refractivity contribution in [3.63, 3.8) is 0 Å². The highest BCUT2D eigenvalue weighted by Gasteiger charge is 2.11. The smallest absolute Gasteiger partial charge is 0.0893 e. The number of rotatable bonds is 0. The topological polar surface area (TPSA) is 25.8 Å². The fourth-order valence-corrected chi connectivity index (χ4v) is 2.40. The van der Waals surface area contributed by atoms with Crippen LogP contribution in [0.25, 0.3) is 11.0 Å². The van der Waals surface area contributed by atoms with Crippen molar-refractivity contribution in [1.29, 1.82) is 0 Å². The quantitative estimate of drug-likeness (QED) is 0.627. The summed E-state index contributed by atoms with van der Waals surface area (Å²) in [5.74, 6) is 0. The summed E-state index contributed by atoms with van der Waals surface area (Å²) in [6.07, 6.45) is 6.05. The van der Waals surface area contributed by atoms with Gasteiger partial charge in [-0.3, -0.25) is 0 Å². The summed E-state index contributed by atoms with van der Waals surface area (Å²) in [6.45, 7) is 2.10. The molecule has 0 fully saturated rings. The van der Waals surface area contributed by atoms with Crippen molar-refractivity contribution < 1.29 is 0 Å². The van der Waals surface area contributed by atoms with Crippen LogP contribution in [0, 0.1) is 6.92 Å². The van der Waals surface area contributed by atoms with E-state index < -0.39 is 0 Å². The lowest BCUT2D eigenvalue weighted by atomic mass is 10.1. The Kier molecular flexibility index (Phi) is 2.35. The third kappa shape index (κ3) is 1.69. The van der Waals surface area contributed by atoms with Gasteiger partial charge in [-0.15, -0.1) is 0 Å². The summed E-state index contributed by atoms with van der Waals surface area (Å²) >= 11 is 0. The Morgan fingerprint density at radius 2 is 1.56 bits per heavy atom. The molecule has 0 saturated heterocycles. The molecule has 0 unspecified atom stereocenters. The van der Waals surface area contributed by atoms with E-state index in [4.69, 9.17) is 9.97 Å². The van der Waals surface area contributed by atoms with Crippen molar-refractivity contribution >= 4 is 11.0 Å². The van der Waals surface area contributed by atoms with Gasteiger partial charge in [0.05, 0.1) is 22.4 Å². The van der Waals surface area contributed by atoms with Gasteiger partial charge < -0.3 is 0 Å². The van der Waals surface area contributed by atoms with Crippen LogP contribution in [0.1, 0.15) is 36.2 Å². The Balaban J connectivity index is 2.20. The Morgan fingerprint density at radius 3 is 2.31 bits per heavy atom. The van der Waals surface area contributed by atoms with Gasteiger partial charge in [-0.25, -0.2) is 9.97 Å². The fraction of sp³-hybridized carbons (Fsp3) is 0.429. The fourth-order valence-electron chi connectivity index (χ4n) is 2.40. The van der Waals surface area contributed by atoms with Crippen LogP contribution in [0.3, 0.4) is 0 Å². The van der Waals surface area contributed by atoms with Crippen LogP contribution in [0.4, 0.5) is 0 Å². The molecule has 3 rings (SSSR count). The van der Waals surface area contributed by atoms with E-state index in [1.807, 2.05) is 0 Å². The molecular weight excluding hydrogens is 196 g/mol. The Hall–Kier alpha value is -1.44. The lowest BCUT2D eigenvalue weighted by molar-refractivity contribution is 0.707. The SMILES string of the molecule is Cc1ccc2nc3c(nc2c1)CCCCC3. The first kappa shape index (κ1) is 9.76. The number of aromatic nitrogens is 2. The first-order chi connectivity index (χ1) is 7.83. The van der Waals surface area contributed by atoms with E-state index in [2.05, 4.69) is 25.1 Å². The van der Waals surface area contributed by atoms with Crippen LogP contribution in [-0.4, -0.2) is 9.97 Å². The summed E-state index contributed by atoms with van der Waals surface area (Å²) in [5, 5.41) is 0. The maximum atomic E-state index is 4.77. The summed E-state index contributed by atoms with van der Waals surface area (Å²) in [6, 6.07) is 6.33. The molecule has 0 saturated carbocycles. The van der Waals surface area contributed by atoms with Crippen molar-refractivity contribution in [2.24, 2.45) is 0 Å². The van der Waals surface area contributed by atoms with Crippen LogP contribution in [0.2, 0.25) is 0 Å². The van der Waals surface area contributed by atoms with Crippen LogP contribution < -0.4 is 0 Å². The minimum atomic E-state index is 1.05. The molecule has 1 heterocycles. The lowest BCUT2D eigenvalue weighted by Gasteiger charge is -2.06. The molecule has 2 aromatic rings. The molecule has 0 atom stereocenters. The monoisotopic (exact) mass is 212 g/mol. The Labute approximate surface area is 95.7 Å². The second-order valence-electron chi connectivity index (χ2n) is 4.67. The minimum Gasteiger partial charge on any atom is -0.249 e. The van der Waals surface area contributed by atoms with Gasteiger partial charge in [0.25, 0.3) is 0 Å². The molecule has 1 aromatic heterocycles. The third-order valence-corrected chi connectivity index (χ3v) is 3.30. The number of aryl methyl sites for hydroxylation is 3. The summed E-state index contributed by atoms with van der Waals surface area (Å²) in [5.41, 5.74) is 5.83. The highest BCUT2D eigenvalue weighted by atomic mass is 14.8. The van der Waals surface area contributed by atoms with Gasteiger partial charge >= 0.3 is 0 Å². The summed E-state index contributed by atoms with van der Waals surface area (Å²) < 4.78 is 0. The van der Waals surface area contributed by atoms with E-state index in [9.17, 15) is 0 Å². The molecule has 2 nitrogen and oxygen atoms in total. The van der Waals surface area contributed by atoms with Crippen molar-refractivity contribution in [1.82, 2.24) is 9.97 Å². The molecule has 1 aliphatic carbocycles. The first-order valence-corrected chi connectivity index (χ1v) is 6.09. The number of benzene rings is 1. The standard InChI is InChI=1S/C14H16N2/c1-10-7-8-13-14(9-10)16-12-6-4-2-3-5-11(12)15-13/h7-9H,2-6H2,1H3. The second kappa shape index (κ2) is 3.85. The normalized spacial score (nSPS) is 15.8. The maximum Gasteiger partial charge on any atom is 0.0893 e. The van der Waals surface area contributed by atoms with Crippen molar-refractivity contribution in [3.05, 3.63) is 35.2 Å². The molecule has 0 aliphatic heterocycles. The number of hydrogen-bond acceptors (Lipinski definition) is 2. The van der Waals surface area contributed by atoms with Gasteiger partial charge in [0.2, 0.25) is 0 Å². The van der Waals surface area contributed by atoms with Gasteiger partial charge in [-0.05, 0) is 50.3 Å². The van der Waals surface area contributed by atoms with Crippen LogP contribution >= 0.6 is 0 Å². The summed E-state index contributed by atoms with van der Waals surface area (Å²) in [4.78, 5) is 9.53. The number of fused-ring (bicyclic) bond motifs is 2. The van der Waals surface area contributed by atoms with E-state index in [0.29, 0.717) is 0 Å². The van der Waals surface area contributed by atoms with Gasteiger partial charge in [0, 0.05) is 0 Å². The van der Waals surface area contributed by atoms with E-state index in [-0.39, 0.29) is 0 Å². The molecule has 16 heavy (non-hydrogen) atoms. The molecule has 2 heteroatoms. The van der Waals surface area contributed by atoms with E-state index in [1.165, 1.54) is 36.2 Å². The van der Waals surface area contributed by atoms with Crippen molar-refractivity contribution in [2.45, 2.75) is 39.0 Å². The zero-order chi connectivity index (χ0) is 11.0. The van der Waals surface area contributed by atoms with Crippen LogP contribution in [0.15, 0.2) is 18.2 Å². The third-order valence-electron chi connectivity index (χ3n) is 3.30. The lowest BCUT2D eigenvalue weighted by Crippen LogP contribution is -2.00. The zero-order valence-electron chi connectivity index (χ0n) is 9.66. The van der Waals surface area contributed by atoms with Crippen molar-refractivity contribution in [3.8, 4) is 0 Å². The molecule has 0 bridgehead atoms. The number of hydrogen-bond donors (Lipinski definition) is 0. The molecule has 1 aliphatic rings. The molecule has 1 aromatic carbocycles. The highest BCUT2D eigenvalue weighted by Crippen LogP contribution is 2.21. The van der Waals surface area contributed by atoms with Gasteiger partial charge in [-0.1, -0.05) is 12.5 Å². The second-order valence-corrected chi connectivity index (χ2v) is 4.67. The predicted octanol–water partition coefficient (Wildman–Crippen LogP) is 3.21. The molecule has 0 amide bonds. The van der Waals surface area contributed by atoms with Crippen molar-refractivity contribution in [2.75, 3.05) is 0 Å². The molecule has 82 valence electrons. The predicted molar refractivity (Wildman–Crippen MR) is 65.5 cm³/mol. The zero-order valence-corrected chi connectivity index (χ0v) is 9.66. The van der Waals surface area contributed by atoms with E-state index >= 15 is 0 Å². The molecule has 0 radical (unpaired) electrons. The first-order valence-electron chi connectivity index (χ1n) is 6.09. The average molecular weight is 212 g/mol. The van der Waals surface area contributed by atoms with Gasteiger partial charge in [0.1, 0.15) is 0 Å². The largest absolute Gasteiger partial charge is 0.249 e. The van der Waals surface area contributed by atoms with Crippen LogP contribution in [-0.2, 0) is 12.8 Å². The minimum absolute atomic E-state index is 1.05. The van der Waals surface area contributed by atoms with Gasteiger partial charge in [0.15, 0.2) is 0 Å². The maximum absolute atomic E-state index is 4.77. The Bertz CT molecular complexity index is 531. The molecular formula is C14H16N2. The summed E-state index contributed by atoms with van der Waals surface area (Å²) in [7, 11) is 0. The average Bonchev–Trinajstić information content (AvgIpc) is 2.50.